The number of nitriles is 2. The molecule has 6 nitrogen and oxygen atoms in total. The monoisotopic (exact) mass is 346 g/mol. The highest BCUT2D eigenvalue weighted by Gasteiger charge is 2.21. The minimum absolute atomic E-state index is 0.0859. The van der Waals surface area contributed by atoms with Crippen molar-refractivity contribution >= 4 is 10.1 Å². The van der Waals surface area contributed by atoms with Crippen LogP contribution in [-0.4, -0.2) is 15.0 Å². The lowest BCUT2D eigenvalue weighted by atomic mass is 10.2. The Labute approximate surface area is 138 Å². The van der Waals surface area contributed by atoms with Gasteiger partial charge in [0, 0.05) is 6.07 Å². The lowest BCUT2D eigenvalue weighted by molar-refractivity contribution is 0.327. The van der Waals surface area contributed by atoms with Crippen LogP contribution in [0.15, 0.2) is 41.3 Å². The van der Waals surface area contributed by atoms with Crippen molar-refractivity contribution in [2.24, 2.45) is 0 Å². The van der Waals surface area contributed by atoms with Crippen molar-refractivity contribution in [3.8, 4) is 23.6 Å². The second kappa shape index (κ2) is 6.99. The molecule has 0 fully saturated rings. The molecule has 0 aliphatic rings. The Morgan fingerprint density at radius 3 is 2.46 bits per heavy atom. The predicted molar refractivity (Wildman–Crippen MR) is 81.3 cm³/mol. The van der Waals surface area contributed by atoms with Crippen molar-refractivity contribution in [1.29, 1.82) is 10.5 Å². The Bertz CT molecular complexity index is 959. The van der Waals surface area contributed by atoms with Crippen LogP contribution in [0, 0.1) is 28.5 Å². The first-order chi connectivity index (χ1) is 11.4. The SMILES string of the molecule is CCOc1cc(C#N)ccc1OS(=O)(=O)c1ccc(F)c(C#N)c1. The molecule has 0 amide bonds. The summed E-state index contributed by atoms with van der Waals surface area (Å²) in [6, 6.07) is 10.2. The van der Waals surface area contributed by atoms with Crippen LogP contribution in [0.1, 0.15) is 18.1 Å². The van der Waals surface area contributed by atoms with E-state index >= 15 is 0 Å². The van der Waals surface area contributed by atoms with E-state index < -0.39 is 21.5 Å². The maximum Gasteiger partial charge on any atom is 0.339 e. The number of rotatable bonds is 5. The number of ether oxygens (including phenoxy) is 1. The third kappa shape index (κ3) is 3.62. The van der Waals surface area contributed by atoms with Crippen molar-refractivity contribution in [2.45, 2.75) is 11.8 Å². The molecule has 0 radical (unpaired) electrons. The molecule has 8 heteroatoms. The van der Waals surface area contributed by atoms with Gasteiger partial charge >= 0.3 is 10.1 Å². The molecule has 2 aromatic carbocycles. The number of hydrogen-bond acceptors (Lipinski definition) is 6. The van der Waals surface area contributed by atoms with Crippen molar-refractivity contribution in [3.63, 3.8) is 0 Å². The zero-order valence-corrected chi connectivity index (χ0v) is 13.3. The van der Waals surface area contributed by atoms with Gasteiger partial charge in [0.05, 0.1) is 23.8 Å². The van der Waals surface area contributed by atoms with Crippen LogP contribution >= 0.6 is 0 Å². The van der Waals surface area contributed by atoms with Crippen LogP contribution in [0.4, 0.5) is 4.39 Å². The largest absolute Gasteiger partial charge is 0.490 e. The number of nitrogens with zero attached hydrogens (tertiary/aromatic N) is 2. The molecule has 2 rings (SSSR count). The summed E-state index contributed by atoms with van der Waals surface area (Å²) in [6.07, 6.45) is 0. The first-order valence-corrected chi connectivity index (χ1v) is 8.13. The molecule has 0 saturated carbocycles. The van der Waals surface area contributed by atoms with Crippen molar-refractivity contribution < 1.29 is 21.7 Å². The quantitative estimate of drug-likeness (QED) is 0.772. The average Bonchev–Trinajstić information content (AvgIpc) is 2.56. The van der Waals surface area contributed by atoms with Gasteiger partial charge in [-0.3, -0.25) is 0 Å². The first kappa shape index (κ1) is 17.3. The van der Waals surface area contributed by atoms with Gasteiger partial charge in [-0.15, -0.1) is 0 Å². The molecule has 0 N–H and O–H groups in total. The summed E-state index contributed by atoms with van der Waals surface area (Å²) in [5.41, 5.74) is -0.138. The smallest absolute Gasteiger partial charge is 0.339 e. The first-order valence-electron chi connectivity index (χ1n) is 6.72. The summed E-state index contributed by atoms with van der Waals surface area (Å²) in [7, 11) is -4.30. The van der Waals surface area contributed by atoms with Gasteiger partial charge in [-0.05, 0) is 37.3 Å². The zero-order valence-electron chi connectivity index (χ0n) is 12.5. The summed E-state index contributed by atoms with van der Waals surface area (Å²) in [6.45, 7) is 1.93. The highest BCUT2D eigenvalue weighted by atomic mass is 32.2. The van der Waals surface area contributed by atoms with Crippen LogP contribution < -0.4 is 8.92 Å². The summed E-state index contributed by atoms with van der Waals surface area (Å²) >= 11 is 0. The summed E-state index contributed by atoms with van der Waals surface area (Å²) in [4.78, 5) is -0.368. The Morgan fingerprint density at radius 1 is 1.08 bits per heavy atom. The van der Waals surface area contributed by atoms with Crippen molar-refractivity contribution in [3.05, 3.63) is 53.3 Å². The molecule has 0 saturated heterocycles. The van der Waals surface area contributed by atoms with E-state index in [1.54, 1.807) is 13.0 Å². The van der Waals surface area contributed by atoms with Gasteiger partial charge in [-0.1, -0.05) is 0 Å². The number of hydrogen-bond donors (Lipinski definition) is 0. The summed E-state index contributed by atoms with van der Waals surface area (Å²) < 4.78 is 48.2. The maximum absolute atomic E-state index is 13.3. The van der Waals surface area contributed by atoms with E-state index in [0.29, 0.717) is 0 Å². The van der Waals surface area contributed by atoms with E-state index in [2.05, 4.69) is 0 Å². The molecular weight excluding hydrogens is 335 g/mol. The van der Waals surface area contributed by atoms with Gasteiger partial charge in [-0.25, -0.2) is 4.39 Å². The third-order valence-electron chi connectivity index (χ3n) is 2.92. The van der Waals surface area contributed by atoms with Crippen LogP contribution in [0.25, 0.3) is 0 Å². The standard InChI is InChI=1S/C16H11FN2O4S/c1-2-22-16-7-11(9-18)3-6-15(16)23-24(20,21)13-4-5-14(17)12(8-13)10-19/h3-8H,2H2,1H3. The minimum Gasteiger partial charge on any atom is -0.490 e. The molecule has 0 aliphatic heterocycles. The highest BCUT2D eigenvalue weighted by Crippen LogP contribution is 2.31. The Balaban J connectivity index is 2.43. The van der Waals surface area contributed by atoms with E-state index in [1.807, 2.05) is 6.07 Å². The lowest BCUT2D eigenvalue weighted by Crippen LogP contribution is -2.11. The fourth-order valence-corrected chi connectivity index (χ4v) is 2.79. The Kier molecular flexibility index (Phi) is 5.02. The number of halogens is 1. The number of benzene rings is 2. The molecule has 0 unspecified atom stereocenters. The van der Waals surface area contributed by atoms with Gasteiger partial charge in [0.2, 0.25) is 0 Å². The molecule has 0 atom stereocenters. The van der Waals surface area contributed by atoms with Crippen LogP contribution in [0.2, 0.25) is 0 Å². The average molecular weight is 346 g/mol. The van der Waals surface area contributed by atoms with Gasteiger partial charge in [0.15, 0.2) is 11.5 Å². The van der Waals surface area contributed by atoms with E-state index in [4.69, 9.17) is 19.4 Å². The van der Waals surface area contributed by atoms with Crippen LogP contribution in [-0.2, 0) is 10.1 Å². The topological polar surface area (TPSA) is 100 Å². The van der Waals surface area contributed by atoms with E-state index in [0.717, 1.165) is 18.2 Å². The molecule has 0 heterocycles. The Hall–Kier alpha value is -3.10. The molecule has 0 bridgehead atoms. The molecule has 0 aliphatic carbocycles. The van der Waals surface area contributed by atoms with Gasteiger partial charge in [0.1, 0.15) is 16.8 Å². The van der Waals surface area contributed by atoms with Crippen LogP contribution in [0.3, 0.4) is 0 Å². The fourth-order valence-electron chi connectivity index (χ4n) is 1.83. The van der Waals surface area contributed by atoms with Crippen molar-refractivity contribution in [2.75, 3.05) is 6.61 Å². The molecule has 24 heavy (non-hydrogen) atoms. The van der Waals surface area contributed by atoms with Gasteiger partial charge < -0.3 is 8.92 Å². The van der Waals surface area contributed by atoms with E-state index in [9.17, 15) is 12.8 Å². The third-order valence-corrected chi connectivity index (χ3v) is 4.15. The van der Waals surface area contributed by atoms with Gasteiger partial charge in [-0.2, -0.15) is 18.9 Å². The molecule has 2 aromatic rings. The summed E-state index contributed by atoms with van der Waals surface area (Å²) in [5.74, 6) is -0.855. The van der Waals surface area contributed by atoms with Crippen LogP contribution in [0.5, 0.6) is 11.5 Å². The molecule has 0 spiro atoms. The predicted octanol–water partition coefficient (Wildman–Crippen LogP) is 2.74. The highest BCUT2D eigenvalue weighted by molar-refractivity contribution is 7.87. The fraction of sp³-hybridized carbons (Fsp3) is 0.125. The summed E-state index contributed by atoms with van der Waals surface area (Å²) in [5, 5.41) is 17.7. The second-order valence-electron chi connectivity index (χ2n) is 4.50. The minimum atomic E-state index is -4.30. The Morgan fingerprint density at radius 2 is 1.83 bits per heavy atom. The van der Waals surface area contributed by atoms with Crippen molar-refractivity contribution in [1.82, 2.24) is 0 Å². The van der Waals surface area contributed by atoms with E-state index in [-0.39, 0.29) is 28.6 Å². The maximum atomic E-state index is 13.3. The van der Waals surface area contributed by atoms with Gasteiger partial charge in [0.25, 0.3) is 0 Å². The van der Waals surface area contributed by atoms with E-state index in [1.165, 1.54) is 18.2 Å². The molecule has 122 valence electrons. The zero-order chi connectivity index (χ0) is 17.7. The second-order valence-corrected chi connectivity index (χ2v) is 6.04. The molecule has 0 aromatic heterocycles. The molecular formula is C16H11FN2O4S. The lowest BCUT2D eigenvalue weighted by Gasteiger charge is -2.12. The normalized spacial score (nSPS) is 10.5.